The van der Waals surface area contributed by atoms with Crippen molar-refractivity contribution in [1.29, 1.82) is 0 Å². The van der Waals surface area contributed by atoms with Gasteiger partial charge in [-0.1, -0.05) is 36.5 Å². The number of hydrogen-bond acceptors (Lipinski definition) is 2. The van der Waals surface area contributed by atoms with Crippen molar-refractivity contribution in [2.24, 2.45) is 5.92 Å². The normalized spacial score (nSPS) is 19.3. The van der Waals surface area contributed by atoms with Crippen molar-refractivity contribution in [3.05, 3.63) is 28.0 Å². The first kappa shape index (κ1) is 13.6. The van der Waals surface area contributed by atoms with Gasteiger partial charge in [0.05, 0.1) is 5.56 Å². The van der Waals surface area contributed by atoms with Crippen molar-refractivity contribution in [2.75, 3.05) is 13.1 Å². The highest BCUT2D eigenvalue weighted by Gasteiger charge is 2.27. The molecular weight excluding hydrogens is 271 g/mol. The van der Waals surface area contributed by atoms with Crippen molar-refractivity contribution in [2.45, 2.75) is 26.2 Å². The summed E-state index contributed by atoms with van der Waals surface area (Å²) in [5.74, 6) is 0.584. The zero-order chi connectivity index (χ0) is 13.1. The molecule has 3 nitrogen and oxygen atoms in total. The number of carbonyl (C=O) groups excluding carboxylic acids is 1. The molecule has 0 saturated carbocycles. The molecule has 1 amide bonds. The number of hydrogen-bond donors (Lipinski definition) is 0. The zero-order valence-corrected chi connectivity index (χ0v) is 11.8. The fraction of sp³-hybridized carbons (Fsp3) is 0.538. The van der Waals surface area contributed by atoms with E-state index in [1.54, 1.807) is 12.1 Å². The topological polar surface area (TPSA) is 33.2 Å². The molecule has 18 heavy (non-hydrogen) atoms. The molecule has 0 spiro atoms. The second-order valence-corrected chi connectivity index (χ2v) is 5.41. The number of carbonyl (C=O) groups is 1. The lowest BCUT2D eigenvalue weighted by Crippen LogP contribution is -2.29. The molecule has 2 rings (SSSR count). The van der Waals surface area contributed by atoms with E-state index in [0.717, 1.165) is 25.9 Å². The molecule has 1 aromatic rings. The average molecular weight is 287 g/mol. The molecule has 2 heterocycles. The van der Waals surface area contributed by atoms with Gasteiger partial charge in [0.2, 0.25) is 0 Å². The maximum absolute atomic E-state index is 12.3. The van der Waals surface area contributed by atoms with Crippen LogP contribution in [-0.4, -0.2) is 28.9 Å². The second kappa shape index (κ2) is 5.89. The molecule has 98 valence electrons. The number of amides is 1. The Hall–Kier alpha value is -0.800. The highest BCUT2D eigenvalue weighted by atomic mass is 35.5. The van der Waals surface area contributed by atoms with Crippen LogP contribution in [0.2, 0.25) is 10.3 Å². The number of pyridine rings is 1. The van der Waals surface area contributed by atoms with E-state index in [0.29, 0.717) is 16.6 Å². The van der Waals surface area contributed by atoms with Crippen LogP contribution in [0.3, 0.4) is 0 Å². The summed E-state index contributed by atoms with van der Waals surface area (Å²) in [6.45, 7) is 3.80. The Morgan fingerprint density at radius 3 is 2.94 bits per heavy atom. The van der Waals surface area contributed by atoms with Gasteiger partial charge in [0.15, 0.2) is 0 Å². The van der Waals surface area contributed by atoms with Gasteiger partial charge in [-0.25, -0.2) is 4.98 Å². The number of aromatic nitrogens is 1. The molecule has 1 saturated heterocycles. The molecule has 1 fully saturated rings. The van der Waals surface area contributed by atoms with Gasteiger partial charge in [-0.15, -0.1) is 0 Å². The largest absolute Gasteiger partial charge is 0.338 e. The van der Waals surface area contributed by atoms with Gasteiger partial charge in [-0.05, 0) is 30.9 Å². The standard InChI is InChI=1S/C13H16Cl2N2O/c1-2-3-9-6-7-17(8-9)13(18)10-4-5-11(14)16-12(10)15/h4-5,9H,2-3,6-8H2,1H3. The van der Waals surface area contributed by atoms with E-state index in [-0.39, 0.29) is 11.1 Å². The molecule has 0 aromatic carbocycles. The lowest BCUT2D eigenvalue weighted by molar-refractivity contribution is 0.0786. The molecule has 0 radical (unpaired) electrons. The van der Waals surface area contributed by atoms with Gasteiger partial charge in [0, 0.05) is 13.1 Å². The maximum Gasteiger partial charge on any atom is 0.256 e. The molecule has 0 bridgehead atoms. The summed E-state index contributed by atoms with van der Waals surface area (Å²) >= 11 is 11.7. The van der Waals surface area contributed by atoms with Gasteiger partial charge < -0.3 is 4.90 Å². The highest BCUT2D eigenvalue weighted by Crippen LogP contribution is 2.25. The Morgan fingerprint density at radius 1 is 1.50 bits per heavy atom. The van der Waals surface area contributed by atoms with Crippen molar-refractivity contribution in [1.82, 2.24) is 9.88 Å². The molecule has 1 atom stereocenters. The molecule has 1 unspecified atom stereocenters. The van der Waals surface area contributed by atoms with E-state index >= 15 is 0 Å². The lowest BCUT2D eigenvalue weighted by atomic mass is 10.0. The quantitative estimate of drug-likeness (QED) is 0.795. The van der Waals surface area contributed by atoms with Crippen LogP contribution in [0.1, 0.15) is 36.5 Å². The Balaban J connectivity index is 2.08. The van der Waals surface area contributed by atoms with Crippen LogP contribution in [0.25, 0.3) is 0 Å². The fourth-order valence-electron chi connectivity index (χ4n) is 2.40. The van der Waals surface area contributed by atoms with E-state index in [9.17, 15) is 4.79 Å². The first-order valence-electron chi connectivity index (χ1n) is 6.23. The van der Waals surface area contributed by atoms with Gasteiger partial charge in [0.25, 0.3) is 5.91 Å². The summed E-state index contributed by atoms with van der Waals surface area (Å²) in [6, 6.07) is 3.24. The zero-order valence-electron chi connectivity index (χ0n) is 10.3. The maximum atomic E-state index is 12.3. The summed E-state index contributed by atoms with van der Waals surface area (Å²) in [6.07, 6.45) is 3.42. The minimum atomic E-state index is -0.0391. The Kier molecular flexibility index (Phi) is 4.46. The fourth-order valence-corrected chi connectivity index (χ4v) is 2.83. The molecule has 1 aliphatic heterocycles. The Morgan fingerprint density at radius 2 is 2.28 bits per heavy atom. The Bertz CT molecular complexity index is 451. The van der Waals surface area contributed by atoms with E-state index in [1.165, 1.54) is 6.42 Å². The monoisotopic (exact) mass is 286 g/mol. The Labute approximate surface area is 117 Å². The molecule has 0 aliphatic carbocycles. The lowest BCUT2D eigenvalue weighted by Gasteiger charge is -2.17. The van der Waals surface area contributed by atoms with Crippen LogP contribution in [0, 0.1) is 5.92 Å². The predicted molar refractivity (Wildman–Crippen MR) is 73.2 cm³/mol. The third-order valence-corrected chi connectivity index (χ3v) is 3.81. The van der Waals surface area contributed by atoms with E-state index in [2.05, 4.69) is 11.9 Å². The van der Waals surface area contributed by atoms with Crippen LogP contribution in [-0.2, 0) is 0 Å². The summed E-state index contributed by atoms with van der Waals surface area (Å²) in [5.41, 5.74) is 0.443. The van der Waals surface area contributed by atoms with Crippen LogP contribution < -0.4 is 0 Å². The smallest absolute Gasteiger partial charge is 0.256 e. The average Bonchev–Trinajstić information content (AvgIpc) is 2.77. The van der Waals surface area contributed by atoms with Crippen LogP contribution >= 0.6 is 23.2 Å². The molecule has 1 aliphatic rings. The summed E-state index contributed by atoms with van der Waals surface area (Å²) in [5, 5.41) is 0.494. The van der Waals surface area contributed by atoms with Crippen LogP contribution in [0.5, 0.6) is 0 Å². The summed E-state index contributed by atoms with van der Waals surface area (Å²) < 4.78 is 0. The summed E-state index contributed by atoms with van der Waals surface area (Å²) in [7, 11) is 0. The minimum absolute atomic E-state index is 0.0391. The predicted octanol–water partition coefficient (Wildman–Crippen LogP) is 3.65. The summed E-state index contributed by atoms with van der Waals surface area (Å²) in [4.78, 5) is 18.1. The third-order valence-electron chi connectivity index (χ3n) is 3.32. The van der Waals surface area contributed by atoms with E-state index in [1.807, 2.05) is 4.90 Å². The van der Waals surface area contributed by atoms with Gasteiger partial charge in [0.1, 0.15) is 10.3 Å². The highest BCUT2D eigenvalue weighted by molar-refractivity contribution is 6.34. The SMILES string of the molecule is CCCC1CCN(C(=O)c2ccc(Cl)nc2Cl)C1. The minimum Gasteiger partial charge on any atom is -0.338 e. The number of likely N-dealkylation sites (tertiary alicyclic amines) is 1. The molecule has 1 aromatic heterocycles. The first-order chi connectivity index (χ1) is 8.61. The number of halogens is 2. The third kappa shape index (κ3) is 2.96. The molecule has 5 heteroatoms. The molecule has 0 N–H and O–H groups in total. The van der Waals surface area contributed by atoms with Crippen molar-refractivity contribution in [3.63, 3.8) is 0 Å². The molecular formula is C13H16Cl2N2O. The first-order valence-corrected chi connectivity index (χ1v) is 6.98. The van der Waals surface area contributed by atoms with Gasteiger partial charge in [-0.2, -0.15) is 0 Å². The van der Waals surface area contributed by atoms with Crippen molar-refractivity contribution < 1.29 is 4.79 Å². The van der Waals surface area contributed by atoms with Crippen LogP contribution in [0.4, 0.5) is 0 Å². The van der Waals surface area contributed by atoms with E-state index in [4.69, 9.17) is 23.2 Å². The number of rotatable bonds is 3. The number of nitrogens with zero attached hydrogens (tertiary/aromatic N) is 2. The second-order valence-electron chi connectivity index (χ2n) is 4.67. The van der Waals surface area contributed by atoms with Gasteiger partial charge >= 0.3 is 0 Å². The van der Waals surface area contributed by atoms with Crippen LogP contribution in [0.15, 0.2) is 12.1 Å². The van der Waals surface area contributed by atoms with Gasteiger partial charge in [-0.3, -0.25) is 4.79 Å². The van der Waals surface area contributed by atoms with Crippen molar-refractivity contribution >= 4 is 29.1 Å². The van der Waals surface area contributed by atoms with Crippen molar-refractivity contribution in [3.8, 4) is 0 Å². The van der Waals surface area contributed by atoms with E-state index < -0.39 is 0 Å².